The van der Waals surface area contributed by atoms with E-state index in [1.165, 1.54) is 0 Å². The molecule has 1 aromatic heterocycles. The maximum absolute atomic E-state index is 12.6. The number of pyridine rings is 1. The van der Waals surface area contributed by atoms with Crippen LogP contribution in [0.3, 0.4) is 0 Å². The zero-order valence-corrected chi connectivity index (χ0v) is 17.0. The van der Waals surface area contributed by atoms with E-state index in [1.807, 2.05) is 49.5 Å². The number of hydrogen-bond acceptors (Lipinski definition) is 5. The molecule has 0 radical (unpaired) electrons. The van der Waals surface area contributed by atoms with Gasteiger partial charge in [-0.05, 0) is 62.4 Å². The zero-order valence-electron chi connectivity index (χ0n) is 17.0. The molecule has 0 unspecified atom stereocenters. The predicted molar refractivity (Wildman–Crippen MR) is 113 cm³/mol. The van der Waals surface area contributed by atoms with Crippen molar-refractivity contribution in [1.82, 2.24) is 10.3 Å². The van der Waals surface area contributed by atoms with Gasteiger partial charge in [-0.1, -0.05) is 6.07 Å². The van der Waals surface area contributed by atoms with Crippen LogP contribution in [0.15, 0.2) is 42.6 Å². The Kier molecular flexibility index (Phi) is 6.30. The lowest BCUT2D eigenvalue weighted by molar-refractivity contribution is 0.0890. The summed E-state index contributed by atoms with van der Waals surface area (Å²) >= 11 is 0. The summed E-state index contributed by atoms with van der Waals surface area (Å²) in [4.78, 5) is 19.2. The fourth-order valence-electron chi connectivity index (χ4n) is 3.93. The molecule has 1 amide bonds. The van der Waals surface area contributed by atoms with Crippen molar-refractivity contribution in [1.29, 1.82) is 0 Å². The van der Waals surface area contributed by atoms with E-state index < -0.39 is 0 Å². The second kappa shape index (κ2) is 9.27. The van der Waals surface area contributed by atoms with E-state index in [-0.39, 0.29) is 18.1 Å². The van der Waals surface area contributed by atoms with Crippen LogP contribution < -0.4 is 15.0 Å². The van der Waals surface area contributed by atoms with Gasteiger partial charge in [0.2, 0.25) is 5.88 Å². The molecule has 1 N–H and O–H groups in total. The fourth-order valence-corrected chi connectivity index (χ4v) is 3.93. The third kappa shape index (κ3) is 5.26. The van der Waals surface area contributed by atoms with Crippen LogP contribution in [0, 0.1) is 6.92 Å². The molecule has 4 rings (SSSR count). The van der Waals surface area contributed by atoms with Gasteiger partial charge in [-0.2, -0.15) is 0 Å². The second-order valence-electron chi connectivity index (χ2n) is 7.89. The van der Waals surface area contributed by atoms with Crippen LogP contribution in [0.2, 0.25) is 0 Å². The minimum Gasteiger partial charge on any atom is -0.474 e. The van der Waals surface area contributed by atoms with Crippen molar-refractivity contribution in [3.8, 4) is 5.88 Å². The molecule has 2 aliphatic rings. The lowest BCUT2D eigenvalue weighted by Crippen LogP contribution is -2.39. The van der Waals surface area contributed by atoms with Gasteiger partial charge >= 0.3 is 0 Å². The number of morpholine rings is 1. The smallest absolute Gasteiger partial charge is 0.251 e. The summed E-state index contributed by atoms with van der Waals surface area (Å²) in [7, 11) is 0. The number of benzene rings is 1. The van der Waals surface area contributed by atoms with Crippen molar-refractivity contribution in [3.63, 3.8) is 0 Å². The summed E-state index contributed by atoms with van der Waals surface area (Å²) in [5, 5.41) is 3.18. The van der Waals surface area contributed by atoms with E-state index in [0.29, 0.717) is 11.4 Å². The Hall–Kier alpha value is -2.60. The number of nitrogens with one attached hydrogen (secondary N) is 1. The molecular formula is C23H29N3O3. The third-order valence-electron chi connectivity index (χ3n) is 5.69. The maximum Gasteiger partial charge on any atom is 0.251 e. The molecule has 0 spiro atoms. The van der Waals surface area contributed by atoms with Gasteiger partial charge in [0.15, 0.2) is 0 Å². The topological polar surface area (TPSA) is 63.7 Å². The normalized spacial score (nSPS) is 22.2. The molecule has 2 heterocycles. The average molecular weight is 396 g/mol. The minimum atomic E-state index is 0.00287. The van der Waals surface area contributed by atoms with Crippen molar-refractivity contribution in [2.75, 3.05) is 31.2 Å². The molecule has 2 fully saturated rings. The Bertz CT molecular complexity index is 793. The number of hydrogen-bond donors (Lipinski definition) is 1. The summed E-state index contributed by atoms with van der Waals surface area (Å²) < 4.78 is 11.4. The van der Waals surface area contributed by atoms with E-state index in [9.17, 15) is 4.79 Å². The van der Waals surface area contributed by atoms with Gasteiger partial charge in [-0.15, -0.1) is 0 Å². The van der Waals surface area contributed by atoms with E-state index >= 15 is 0 Å². The maximum atomic E-state index is 12.6. The highest BCUT2D eigenvalue weighted by molar-refractivity contribution is 5.94. The molecule has 6 nitrogen and oxygen atoms in total. The molecule has 6 heteroatoms. The van der Waals surface area contributed by atoms with Crippen LogP contribution in [0.1, 0.15) is 41.6 Å². The van der Waals surface area contributed by atoms with Crippen LogP contribution in [0.4, 0.5) is 5.69 Å². The highest BCUT2D eigenvalue weighted by Crippen LogP contribution is 2.23. The van der Waals surface area contributed by atoms with Crippen LogP contribution in [0.25, 0.3) is 0 Å². The number of nitrogens with zero attached hydrogens (tertiary/aromatic N) is 2. The molecule has 1 saturated heterocycles. The Morgan fingerprint density at radius 3 is 2.45 bits per heavy atom. The lowest BCUT2D eigenvalue weighted by atomic mass is 9.92. The second-order valence-corrected chi connectivity index (χ2v) is 7.89. The molecule has 1 saturated carbocycles. The Morgan fingerprint density at radius 1 is 1.07 bits per heavy atom. The summed E-state index contributed by atoms with van der Waals surface area (Å²) in [5.41, 5.74) is 2.98. The number of ether oxygens (including phenoxy) is 2. The predicted octanol–water partition coefficient (Wildman–Crippen LogP) is 3.35. The number of aryl methyl sites for hydroxylation is 1. The summed E-state index contributed by atoms with van der Waals surface area (Å²) in [5.74, 6) is 0.687. The molecule has 1 aromatic carbocycles. The first-order valence-electron chi connectivity index (χ1n) is 10.5. The van der Waals surface area contributed by atoms with E-state index in [4.69, 9.17) is 9.47 Å². The first-order chi connectivity index (χ1) is 14.2. The Morgan fingerprint density at radius 2 is 1.79 bits per heavy atom. The SMILES string of the molecule is Cc1ccc(OC2CCC(NC(=O)c3ccc(N4CCOCC4)cc3)CC2)nc1. The summed E-state index contributed by atoms with van der Waals surface area (Å²) in [6.07, 6.45) is 5.70. The van der Waals surface area contributed by atoms with Crippen molar-refractivity contribution in [3.05, 3.63) is 53.7 Å². The molecule has 0 bridgehead atoms. The van der Waals surface area contributed by atoms with Crippen LogP contribution in [-0.2, 0) is 4.74 Å². The largest absolute Gasteiger partial charge is 0.474 e. The van der Waals surface area contributed by atoms with E-state index in [2.05, 4.69) is 15.2 Å². The summed E-state index contributed by atoms with van der Waals surface area (Å²) in [6.45, 7) is 5.33. The fraction of sp³-hybridized carbons (Fsp3) is 0.478. The first-order valence-corrected chi connectivity index (χ1v) is 10.5. The van der Waals surface area contributed by atoms with E-state index in [0.717, 1.165) is 63.2 Å². The number of aromatic nitrogens is 1. The first kappa shape index (κ1) is 19.7. The van der Waals surface area contributed by atoms with Gasteiger partial charge in [0, 0.05) is 42.6 Å². The zero-order chi connectivity index (χ0) is 20.1. The monoisotopic (exact) mass is 395 g/mol. The lowest BCUT2D eigenvalue weighted by Gasteiger charge is -2.30. The molecule has 0 atom stereocenters. The highest BCUT2D eigenvalue weighted by atomic mass is 16.5. The van der Waals surface area contributed by atoms with Crippen molar-refractivity contribution >= 4 is 11.6 Å². The van der Waals surface area contributed by atoms with Crippen LogP contribution in [-0.4, -0.2) is 49.3 Å². The molecule has 154 valence electrons. The third-order valence-corrected chi connectivity index (χ3v) is 5.69. The van der Waals surface area contributed by atoms with Crippen molar-refractivity contribution in [2.45, 2.75) is 44.8 Å². The highest BCUT2D eigenvalue weighted by Gasteiger charge is 2.24. The van der Waals surface area contributed by atoms with Crippen LogP contribution in [0.5, 0.6) is 5.88 Å². The Balaban J connectivity index is 1.24. The number of carbonyl (C=O) groups is 1. The molecular weight excluding hydrogens is 366 g/mol. The average Bonchev–Trinajstić information content (AvgIpc) is 2.77. The van der Waals surface area contributed by atoms with Gasteiger partial charge < -0.3 is 19.7 Å². The molecule has 1 aliphatic heterocycles. The standard InChI is InChI=1S/C23H29N3O3/c1-17-2-11-22(24-16-17)29-21-9-5-19(6-10-21)25-23(27)18-3-7-20(8-4-18)26-12-14-28-15-13-26/h2-4,7-8,11,16,19,21H,5-6,9-10,12-15H2,1H3,(H,25,27). The van der Waals surface area contributed by atoms with E-state index in [1.54, 1.807) is 0 Å². The van der Waals surface area contributed by atoms with Gasteiger partial charge in [0.05, 0.1) is 13.2 Å². The minimum absolute atomic E-state index is 0.00287. The number of carbonyl (C=O) groups excluding carboxylic acids is 1. The Labute approximate surface area is 172 Å². The molecule has 2 aromatic rings. The van der Waals surface area contributed by atoms with Gasteiger partial charge in [-0.25, -0.2) is 4.98 Å². The number of anilines is 1. The number of amides is 1. The van der Waals surface area contributed by atoms with Crippen molar-refractivity contribution in [2.24, 2.45) is 0 Å². The molecule has 29 heavy (non-hydrogen) atoms. The van der Waals surface area contributed by atoms with Gasteiger partial charge in [0.25, 0.3) is 5.91 Å². The molecule has 1 aliphatic carbocycles. The quantitative estimate of drug-likeness (QED) is 0.841. The van der Waals surface area contributed by atoms with Crippen LogP contribution >= 0.6 is 0 Å². The number of rotatable bonds is 5. The summed E-state index contributed by atoms with van der Waals surface area (Å²) in [6, 6.07) is 12.0. The van der Waals surface area contributed by atoms with Gasteiger partial charge in [0.1, 0.15) is 6.10 Å². The van der Waals surface area contributed by atoms with Crippen molar-refractivity contribution < 1.29 is 14.3 Å². The van der Waals surface area contributed by atoms with Gasteiger partial charge in [-0.3, -0.25) is 4.79 Å².